The van der Waals surface area contributed by atoms with Crippen LogP contribution in [0.3, 0.4) is 0 Å². The van der Waals surface area contributed by atoms with Crippen molar-refractivity contribution in [1.82, 2.24) is 0 Å². The lowest BCUT2D eigenvalue weighted by Crippen LogP contribution is -2.37. The molecule has 0 heterocycles. The second-order valence-electron chi connectivity index (χ2n) is 42.6. The van der Waals surface area contributed by atoms with Crippen molar-refractivity contribution in [3.05, 3.63) is 244 Å². The molecule has 0 aliphatic heterocycles. The summed E-state index contributed by atoms with van der Waals surface area (Å²) in [5.74, 6) is 14.8. The monoisotopic (exact) mass is 1960 g/mol. The Morgan fingerprint density at radius 3 is 0.880 bits per heavy atom. The van der Waals surface area contributed by atoms with Crippen LogP contribution in [-0.2, 0) is 33.2 Å². The van der Waals surface area contributed by atoms with Crippen molar-refractivity contribution in [2.24, 2.45) is 35.5 Å². The molecular formula is C126H194O16. The summed E-state index contributed by atoms with van der Waals surface area (Å²) in [7, 11) is 1.68. The number of ether oxygens (including phenoxy) is 14. The highest BCUT2D eigenvalue weighted by Gasteiger charge is 2.55. The Morgan fingerprint density at radius 2 is 0.592 bits per heavy atom. The minimum Gasteiger partial charge on any atom is -0.488 e. The summed E-state index contributed by atoms with van der Waals surface area (Å²) in [6, 6.07) is 65.6. The van der Waals surface area contributed by atoms with Crippen LogP contribution >= 0.6 is 0 Å². The van der Waals surface area contributed by atoms with E-state index < -0.39 is 17.4 Å². The van der Waals surface area contributed by atoms with Crippen LogP contribution < -0.4 is 33.2 Å². The fourth-order valence-corrected chi connectivity index (χ4v) is 16.9. The first-order chi connectivity index (χ1) is 67.3. The highest BCUT2D eigenvalue weighted by molar-refractivity contribution is 5.89. The van der Waals surface area contributed by atoms with Crippen LogP contribution in [-0.4, -0.2) is 93.4 Å². The van der Waals surface area contributed by atoms with Gasteiger partial charge in [0.15, 0.2) is 18.9 Å². The molecule has 3 saturated carbocycles. The van der Waals surface area contributed by atoms with Crippen molar-refractivity contribution < 1.29 is 75.9 Å². The zero-order valence-electron chi connectivity index (χ0n) is 95.1. The zero-order chi connectivity index (χ0) is 106. The molecule has 0 saturated heterocycles. The fourth-order valence-electron chi connectivity index (χ4n) is 16.9. The number of hydrogen-bond donors (Lipinski definition) is 0. The highest BCUT2D eigenvalue weighted by Crippen LogP contribution is 2.60. The molecule has 0 aromatic heterocycles. The predicted molar refractivity (Wildman–Crippen MR) is 591 cm³/mol. The average Bonchev–Trinajstić information content (AvgIpc) is 1.59. The molecule has 0 radical (unpaired) electrons. The molecule has 16 nitrogen and oxygen atoms in total. The maximum atomic E-state index is 11.8. The summed E-state index contributed by atoms with van der Waals surface area (Å²) in [6.45, 7) is 75.0. The molecule has 3 aliphatic carbocycles. The Bertz CT molecular complexity index is 4540. The van der Waals surface area contributed by atoms with Crippen molar-refractivity contribution in [2.75, 3.05) is 26.9 Å². The molecule has 18 unspecified atom stereocenters. The zero-order valence-corrected chi connectivity index (χ0v) is 95.1. The maximum Gasteiger partial charge on any atom is 0.514 e. The second kappa shape index (κ2) is 65.6. The third-order valence-corrected chi connectivity index (χ3v) is 27.0. The van der Waals surface area contributed by atoms with E-state index in [0.29, 0.717) is 96.4 Å². The van der Waals surface area contributed by atoms with Crippen molar-refractivity contribution >= 4 is 12.1 Å². The molecule has 0 N–H and O–H groups in total. The molecule has 8 aromatic rings. The molecule has 3 aliphatic rings. The van der Waals surface area contributed by atoms with Crippen LogP contribution in [0.25, 0.3) is 0 Å². The van der Waals surface area contributed by atoms with Gasteiger partial charge in [0.25, 0.3) is 0 Å². The van der Waals surface area contributed by atoms with E-state index in [-0.39, 0.29) is 43.0 Å². The van der Waals surface area contributed by atoms with E-state index in [2.05, 4.69) is 263 Å². The van der Waals surface area contributed by atoms with Crippen molar-refractivity contribution in [3.63, 3.8) is 0 Å². The van der Waals surface area contributed by atoms with Crippen molar-refractivity contribution in [2.45, 2.75) is 434 Å². The van der Waals surface area contributed by atoms with Crippen LogP contribution in [0.2, 0.25) is 0 Å². The van der Waals surface area contributed by atoms with Crippen LogP contribution in [0.1, 0.15) is 434 Å². The van der Waals surface area contributed by atoms with Gasteiger partial charge in [-0.2, -0.15) is 0 Å². The van der Waals surface area contributed by atoms with Gasteiger partial charge in [-0.05, 0) is 387 Å². The Morgan fingerprint density at radius 1 is 0.303 bits per heavy atom. The number of carbonyl (C=O) groups is 2. The van der Waals surface area contributed by atoms with Gasteiger partial charge in [-0.3, -0.25) is 0 Å². The molecule has 3 fully saturated rings. The van der Waals surface area contributed by atoms with Crippen LogP contribution in [0.15, 0.2) is 194 Å². The molecule has 2 bridgehead atoms. The second-order valence-corrected chi connectivity index (χ2v) is 42.6. The third kappa shape index (κ3) is 47.1. The molecule has 11 rings (SSSR count). The highest BCUT2D eigenvalue weighted by atomic mass is 16.7. The summed E-state index contributed by atoms with van der Waals surface area (Å²) in [5, 5.41) is 0. The fraction of sp³-hybridized carbons (Fsp3) is 0.603. The Labute approximate surface area is 863 Å². The number of benzene rings is 8. The number of carbonyl (C=O) groups excluding carboxylic acids is 2. The van der Waals surface area contributed by atoms with E-state index in [1.807, 2.05) is 140 Å². The standard InChI is InChI=1S/C24H36O2.C15H22O3.C15H22O2.2C15H24O2.2C14H22O2.C14H22O/c1-5-16(4)17-9-11-19(12-10-17)25-24(15(2)3)26-23-14-18-13-22(23)21-8-6-7-20(18)21;1-6-11(2)12-7-9-13(10-8-12)17-14(16)18-15(3,4)5;1-6-11(2)12-7-9-13(10-8-12)14(16)17-15(3,4)5;1-6-12(4)13-7-9-14(10-8-13)17-15(16-5)11(2)3;1-5-12(4)13-8-10-14(11-9-13)17-15(6-2)16-7-3;2*1-5-11(3)13-7-9-14(10-8-13)16-12(4)15-6-2;1-6-11(2)12-7-9-13(10-8-12)15-14(3,4)5/h9-12,15-16,18,20-24H,5-8,13-14H2,1-4H3;7-11H,6H2,1-5H3;7-11H,6H2,1-5H3;7-12,15H,6H2,1-5H3;8-12,15H,5-7H2,1-4H3;2*7-12H,5-6H2,1-4H3;7-11H,6H2,1-5H3. The molecule has 0 spiro atoms. The lowest BCUT2D eigenvalue weighted by molar-refractivity contribution is -0.162. The van der Waals surface area contributed by atoms with E-state index in [0.717, 1.165) is 103 Å². The molecule has 8 aromatic carbocycles. The van der Waals surface area contributed by atoms with Gasteiger partial charge in [-0.15, -0.1) is 0 Å². The van der Waals surface area contributed by atoms with E-state index in [4.69, 9.17) is 66.3 Å². The number of rotatable bonds is 41. The summed E-state index contributed by atoms with van der Waals surface area (Å²) in [6.07, 6.45) is 16.1. The molecule has 794 valence electrons. The average molecular weight is 1960 g/mol. The predicted octanol–water partition coefficient (Wildman–Crippen LogP) is 35.9. The largest absolute Gasteiger partial charge is 0.514 e. The van der Waals surface area contributed by atoms with E-state index in [1.54, 1.807) is 40.0 Å². The Kier molecular flexibility index (Phi) is 57.9. The van der Waals surface area contributed by atoms with Gasteiger partial charge < -0.3 is 66.3 Å². The summed E-state index contributed by atoms with van der Waals surface area (Å²) in [5.41, 5.74) is 10.3. The van der Waals surface area contributed by atoms with Crippen molar-refractivity contribution in [1.29, 1.82) is 0 Å². The van der Waals surface area contributed by atoms with Gasteiger partial charge in [0.1, 0.15) is 57.0 Å². The van der Waals surface area contributed by atoms with Gasteiger partial charge >= 0.3 is 12.1 Å². The quantitative estimate of drug-likeness (QED) is 0.0202. The molecule has 142 heavy (non-hydrogen) atoms. The number of hydrogen-bond acceptors (Lipinski definition) is 16. The van der Waals surface area contributed by atoms with E-state index in [9.17, 15) is 9.59 Å². The molecule has 16 heteroatoms. The summed E-state index contributed by atoms with van der Waals surface area (Å²) < 4.78 is 78.3. The Balaban J connectivity index is 0.000000341. The van der Waals surface area contributed by atoms with Gasteiger partial charge in [0, 0.05) is 45.2 Å². The minimum atomic E-state index is -0.668. The SMILES string of the molecule is CCC(C)c1ccc(C(=O)OC(C)(C)C)cc1.CCC(C)c1ccc(OC(=O)OC(C)(C)C)cc1.CCC(C)c1ccc(OC(C)(C)C)cc1.CCC(C)c1ccc(OC(OC)C(C)C)cc1.CCC(C)c1ccc(OC(OC2CC3CC2C2CCCC32)C(C)C)cc1.CCOC(C)Oc1ccc(C(C)CC)cc1.CCOC(C)Oc1ccc(C(C)CC)cc1.CCOC(CC)Oc1ccc(C(C)CC)cc1. The first-order valence-electron chi connectivity index (χ1n) is 54.3. The van der Waals surface area contributed by atoms with Gasteiger partial charge in [0.2, 0.25) is 12.6 Å². The first kappa shape index (κ1) is 125. The van der Waals surface area contributed by atoms with Crippen LogP contribution in [0.4, 0.5) is 4.79 Å². The minimum absolute atomic E-state index is 0.113. The van der Waals surface area contributed by atoms with E-state index in [1.165, 1.54) is 89.5 Å². The lowest BCUT2D eigenvalue weighted by atomic mass is 9.80. The molecule has 18 atom stereocenters. The summed E-state index contributed by atoms with van der Waals surface area (Å²) >= 11 is 0. The number of fused-ring (bicyclic) bond motifs is 5. The van der Waals surface area contributed by atoms with Crippen molar-refractivity contribution in [3.8, 4) is 40.2 Å². The smallest absolute Gasteiger partial charge is 0.488 e. The normalized spacial score (nSPS) is 17.8. The van der Waals surface area contributed by atoms with E-state index >= 15 is 0 Å². The van der Waals surface area contributed by atoms with Gasteiger partial charge in [-0.25, -0.2) is 9.59 Å². The molecule has 0 amide bonds. The Hall–Kier alpha value is -8.90. The molecular weight excluding hydrogens is 1770 g/mol. The number of methoxy groups -OCH3 is 1. The maximum absolute atomic E-state index is 11.8. The van der Waals surface area contributed by atoms with Gasteiger partial charge in [-0.1, -0.05) is 249 Å². The van der Waals surface area contributed by atoms with Crippen LogP contribution in [0, 0.1) is 35.5 Å². The topological polar surface area (TPSA) is 163 Å². The summed E-state index contributed by atoms with van der Waals surface area (Å²) in [4.78, 5) is 23.2. The van der Waals surface area contributed by atoms with Crippen LogP contribution in [0.5, 0.6) is 40.2 Å². The van der Waals surface area contributed by atoms with Gasteiger partial charge in [0.05, 0.1) is 11.7 Å². The lowest BCUT2D eigenvalue weighted by Gasteiger charge is -2.35. The first-order valence-corrected chi connectivity index (χ1v) is 54.3. The third-order valence-electron chi connectivity index (χ3n) is 27.0. The number of esters is 1.